The van der Waals surface area contributed by atoms with Gasteiger partial charge in [0.15, 0.2) is 5.75 Å². The molecule has 10 nitrogen and oxygen atoms in total. The number of thioether (sulfide) groups is 1. The second-order valence-corrected chi connectivity index (χ2v) is 7.03. The predicted octanol–water partition coefficient (Wildman–Crippen LogP) is 2.44. The van der Waals surface area contributed by atoms with E-state index < -0.39 is 22.3 Å². The van der Waals surface area contributed by atoms with E-state index in [9.17, 15) is 24.8 Å². The third-order valence-electron chi connectivity index (χ3n) is 3.70. The molecule has 0 heterocycles. The molecule has 0 saturated carbocycles. The third-order valence-corrected chi connectivity index (χ3v) is 4.63. The molecule has 2 amide bonds. The summed E-state index contributed by atoms with van der Waals surface area (Å²) in [6.07, 6.45) is 1.18. The third kappa shape index (κ3) is 6.78. The topological polar surface area (TPSA) is 143 Å². The maximum atomic E-state index is 11.9. The summed E-state index contributed by atoms with van der Waals surface area (Å²) in [5.41, 5.74) is 3.74. The largest absolute Gasteiger partial charge is 0.500 e. The number of nitro benzene ring substituents is 1. The van der Waals surface area contributed by atoms with Gasteiger partial charge < -0.3 is 15.2 Å². The number of aromatic hydroxyl groups is 1. The number of methoxy groups -OCH3 is 1. The Labute approximate surface area is 176 Å². The van der Waals surface area contributed by atoms with Gasteiger partial charge in [0.05, 0.1) is 29.8 Å². The van der Waals surface area contributed by atoms with Crippen LogP contribution in [0.2, 0.25) is 0 Å². The number of hydrogen-bond donors (Lipinski definition) is 3. The number of ether oxygens (including phenoxy) is 1. The number of anilines is 1. The van der Waals surface area contributed by atoms with Crippen LogP contribution < -0.4 is 15.5 Å². The molecule has 0 aliphatic heterocycles. The zero-order chi connectivity index (χ0) is 22.1. The fraction of sp³-hybridized carbons (Fsp3) is 0.211. The first kappa shape index (κ1) is 22.7. The van der Waals surface area contributed by atoms with Gasteiger partial charge in [-0.1, -0.05) is 17.7 Å². The zero-order valence-electron chi connectivity index (χ0n) is 16.2. The lowest BCUT2D eigenvalue weighted by Gasteiger charge is -2.06. The van der Waals surface area contributed by atoms with Gasteiger partial charge in [-0.2, -0.15) is 5.10 Å². The fourth-order valence-electron chi connectivity index (χ4n) is 2.26. The summed E-state index contributed by atoms with van der Waals surface area (Å²) in [5, 5.41) is 27.1. The highest BCUT2D eigenvalue weighted by Gasteiger charge is 2.19. The normalized spacial score (nSPS) is 10.6. The second kappa shape index (κ2) is 10.8. The van der Waals surface area contributed by atoms with Gasteiger partial charge >= 0.3 is 5.69 Å². The van der Waals surface area contributed by atoms with Crippen LogP contribution in [0.4, 0.5) is 11.4 Å². The van der Waals surface area contributed by atoms with Crippen molar-refractivity contribution in [1.82, 2.24) is 5.43 Å². The minimum Gasteiger partial charge on any atom is -0.500 e. The van der Waals surface area contributed by atoms with Crippen LogP contribution in [0, 0.1) is 17.0 Å². The molecule has 0 fully saturated rings. The van der Waals surface area contributed by atoms with Crippen LogP contribution in [0.5, 0.6) is 11.5 Å². The SMILES string of the molecule is COc1cc(/C=N/NC(=O)CSCC(=O)Nc2ccc(C)cc2)cc([N+](=O)[O-])c1O. The zero-order valence-corrected chi connectivity index (χ0v) is 17.1. The predicted molar refractivity (Wildman–Crippen MR) is 114 cm³/mol. The number of nitro groups is 1. The van der Waals surface area contributed by atoms with Crippen molar-refractivity contribution in [3.63, 3.8) is 0 Å². The van der Waals surface area contributed by atoms with Crippen molar-refractivity contribution in [1.29, 1.82) is 0 Å². The molecule has 0 atom stereocenters. The van der Waals surface area contributed by atoms with Crippen molar-refractivity contribution in [3.05, 3.63) is 57.6 Å². The summed E-state index contributed by atoms with van der Waals surface area (Å²) < 4.78 is 4.88. The summed E-state index contributed by atoms with van der Waals surface area (Å²) in [5.74, 6) is -1.27. The van der Waals surface area contributed by atoms with Crippen LogP contribution in [-0.4, -0.2) is 46.7 Å². The van der Waals surface area contributed by atoms with Gasteiger partial charge in [-0.15, -0.1) is 11.8 Å². The molecule has 0 aliphatic rings. The molecule has 30 heavy (non-hydrogen) atoms. The molecule has 0 aliphatic carbocycles. The number of hydrazone groups is 1. The highest BCUT2D eigenvalue weighted by molar-refractivity contribution is 8.00. The van der Waals surface area contributed by atoms with E-state index in [1.165, 1.54) is 19.4 Å². The first-order valence-corrected chi connectivity index (χ1v) is 9.77. The number of aryl methyl sites for hydroxylation is 1. The van der Waals surface area contributed by atoms with E-state index in [4.69, 9.17) is 4.74 Å². The lowest BCUT2D eigenvalue weighted by Crippen LogP contribution is -2.21. The number of carbonyl (C=O) groups is 2. The van der Waals surface area contributed by atoms with Crippen molar-refractivity contribution in [2.75, 3.05) is 23.9 Å². The molecule has 0 spiro atoms. The summed E-state index contributed by atoms with van der Waals surface area (Å²) in [6.45, 7) is 1.95. The molecule has 0 bridgehead atoms. The van der Waals surface area contributed by atoms with Crippen molar-refractivity contribution < 1.29 is 24.4 Å². The maximum Gasteiger partial charge on any atom is 0.315 e. The molecular weight excluding hydrogens is 412 g/mol. The Balaban J connectivity index is 1.81. The van der Waals surface area contributed by atoms with Crippen LogP contribution in [0.25, 0.3) is 0 Å². The van der Waals surface area contributed by atoms with Crippen molar-refractivity contribution in [2.24, 2.45) is 5.10 Å². The summed E-state index contributed by atoms with van der Waals surface area (Å²) in [7, 11) is 1.26. The van der Waals surface area contributed by atoms with E-state index in [0.29, 0.717) is 5.69 Å². The van der Waals surface area contributed by atoms with Crippen molar-refractivity contribution >= 4 is 41.2 Å². The smallest absolute Gasteiger partial charge is 0.315 e. The average molecular weight is 432 g/mol. The molecule has 0 radical (unpaired) electrons. The van der Waals surface area contributed by atoms with E-state index in [1.807, 2.05) is 19.1 Å². The van der Waals surface area contributed by atoms with Gasteiger partial charge in [0, 0.05) is 17.3 Å². The number of phenols is 1. The lowest BCUT2D eigenvalue weighted by molar-refractivity contribution is -0.386. The summed E-state index contributed by atoms with van der Waals surface area (Å²) >= 11 is 1.11. The Morgan fingerprint density at radius 3 is 2.53 bits per heavy atom. The van der Waals surface area contributed by atoms with E-state index in [2.05, 4.69) is 15.8 Å². The second-order valence-electron chi connectivity index (χ2n) is 6.05. The van der Waals surface area contributed by atoms with Crippen LogP contribution in [0.1, 0.15) is 11.1 Å². The van der Waals surface area contributed by atoms with Crippen LogP contribution in [-0.2, 0) is 9.59 Å². The Morgan fingerprint density at radius 1 is 1.23 bits per heavy atom. The number of phenolic OH excluding ortho intramolecular Hbond substituents is 1. The fourth-order valence-corrected chi connectivity index (χ4v) is 2.87. The standard InChI is InChI=1S/C19H20N4O6S/c1-12-3-5-14(6-4-12)21-17(24)10-30-11-18(25)22-20-9-13-7-15(23(27)28)19(26)16(8-13)29-2/h3-9,26H,10-11H2,1-2H3,(H,21,24)(H,22,25)/b20-9+. The molecule has 0 aromatic heterocycles. The van der Waals surface area contributed by atoms with Crippen LogP contribution in [0.15, 0.2) is 41.5 Å². The highest BCUT2D eigenvalue weighted by atomic mass is 32.2. The van der Waals surface area contributed by atoms with Crippen molar-refractivity contribution in [3.8, 4) is 11.5 Å². The van der Waals surface area contributed by atoms with Crippen LogP contribution in [0.3, 0.4) is 0 Å². The Morgan fingerprint density at radius 2 is 1.90 bits per heavy atom. The Bertz CT molecular complexity index is 962. The van der Waals surface area contributed by atoms with Gasteiger partial charge in [-0.3, -0.25) is 19.7 Å². The van der Waals surface area contributed by atoms with Gasteiger partial charge in [-0.05, 0) is 25.1 Å². The molecule has 2 aromatic rings. The Kier molecular flexibility index (Phi) is 8.18. The number of hydrogen-bond acceptors (Lipinski definition) is 8. The van der Waals surface area contributed by atoms with E-state index >= 15 is 0 Å². The number of carbonyl (C=O) groups excluding carboxylic acids is 2. The lowest BCUT2D eigenvalue weighted by atomic mass is 10.2. The maximum absolute atomic E-state index is 11.9. The molecule has 3 N–H and O–H groups in total. The van der Waals surface area contributed by atoms with Crippen LogP contribution >= 0.6 is 11.8 Å². The van der Waals surface area contributed by atoms with E-state index in [0.717, 1.165) is 23.4 Å². The molecule has 11 heteroatoms. The van der Waals surface area contributed by atoms with Gasteiger partial charge in [0.1, 0.15) is 0 Å². The minimum absolute atomic E-state index is 0.00228. The Hall–Kier alpha value is -3.60. The molecular formula is C19H20N4O6S. The van der Waals surface area contributed by atoms with Gasteiger partial charge in [-0.25, -0.2) is 5.43 Å². The number of benzene rings is 2. The van der Waals surface area contributed by atoms with Gasteiger partial charge in [0.25, 0.3) is 0 Å². The monoisotopic (exact) mass is 432 g/mol. The molecule has 0 saturated heterocycles. The average Bonchev–Trinajstić information content (AvgIpc) is 2.70. The number of nitrogens with one attached hydrogen (secondary N) is 2. The molecule has 2 rings (SSSR count). The van der Waals surface area contributed by atoms with Gasteiger partial charge in [0.2, 0.25) is 17.6 Å². The molecule has 2 aromatic carbocycles. The molecule has 158 valence electrons. The number of nitrogens with zero attached hydrogens (tertiary/aromatic N) is 2. The molecule has 0 unspecified atom stereocenters. The number of amides is 2. The van der Waals surface area contributed by atoms with Crippen molar-refractivity contribution in [2.45, 2.75) is 6.92 Å². The summed E-state index contributed by atoms with van der Waals surface area (Å²) in [4.78, 5) is 33.9. The summed E-state index contributed by atoms with van der Waals surface area (Å²) in [6, 6.07) is 9.78. The first-order valence-electron chi connectivity index (χ1n) is 8.61. The quantitative estimate of drug-likeness (QED) is 0.314. The minimum atomic E-state index is -0.758. The highest BCUT2D eigenvalue weighted by Crippen LogP contribution is 2.36. The van der Waals surface area contributed by atoms with E-state index in [-0.39, 0.29) is 28.7 Å². The number of rotatable bonds is 9. The van der Waals surface area contributed by atoms with E-state index in [1.54, 1.807) is 12.1 Å². The first-order chi connectivity index (χ1) is 14.3.